The number of nitrogens with one attached hydrogen (secondary N) is 2. The molecule has 1 aromatic heterocycles. The molecule has 8 N–H and O–H groups in total. The molecule has 3 aromatic rings. The summed E-state index contributed by atoms with van der Waals surface area (Å²) in [4.78, 5) is 13.0. The Kier molecular flexibility index (Phi) is 10.7. The predicted molar refractivity (Wildman–Crippen MR) is 129 cm³/mol. The Labute approximate surface area is 182 Å². The summed E-state index contributed by atoms with van der Waals surface area (Å²) >= 11 is 0. The van der Waals surface area contributed by atoms with Crippen molar-refractivity contribution >= 4 is 69.9 Å². The largest absolute Gasteiger partial charge is 0.412 e. The molecule has 2 aromatic carbocycles. The van der Waals surface area contributed by atoms with Gasteiger partial charge in [-0.25, -0.2) is 4.98 Å². The standard InChI is InChI=1S/C19H23N7.2ClH.H2O/c1-3-22-18(20)24-14-7-5-12-9-13-6-8-15(25-19(21)23-4-2)11-17(13)26-16(12)10-14;;;/h5-11H,3-4H2,1-2H3,(H3,20,22,24)(H3,21,23,25);2*1H;1H2. The first kappa shape index (κ1) is 26.2. The molecule has 8 nitrogen and oxygen atoms in total. The van der Waals surface area contributed by atoms with Gasteiger partial charge in [0.25, 0.3) is 0 Å². The summed E-state index contributed by atoms with van der Waals surface area (Å²) in [5.41, 5.74) is 15.1. The predicted octanol–water partition coefficient (Wildman–Crippen LogP) is 2.90. The molecule has 29 heavy (non-hydrogen) atoms. The fraction of sp³-hybridized carbons (Fsp3) is 0.211. The summed E-state index contributed by atoms with van der Waals surface area (Å²) in [6.07, 6.45) is 0. The molecule has 158 valence electrons. The number of hydrogen-bond acceptors (Lipinski definition) is 3. The van der Waals surface area contributed by atoms with Crippen molar-refractivity contribution in [3.63, 3.8) is 0 Å². The van der Waals surface area contributed by atoms with Gasteiger partial charge < -0.3 is 27.6 Å². The Morgan fingerprint density at radius 1 is 0.793 bits per heavy atom. The number of benzene rings is 2. The van der Waals surface area contributed by atoms with E-state index in [1.165, 1.54) is 0 Å². The van der Waals surface area contributed by atoms with E-state index in [0.29, 0.717) is 25.0 Å². The SMILES string of the molecule is CCN=C(N)Nc1ccc2cc3ccc(NC(N)=NCC)cc3nc2c1.Cl.Cl.O. The van der Waals surface area contributed by atoms with E-state index >= 15 is 0 Å². The molecule has 0 atom stereocenters. The molecule has 0 saturated heterocycles. The van der Waals surface area contributed by atoms with Crippen LogP contribution in [0.25, 0.3) is 21.8 Å². The van der Waals surface area contributed by atoms with Crippen molar-refractivity contribution in [3.8, 4) is 0 Å². The van der Waals surface area contributed by atoms with Crippen molar-refractivity contribution in [2.75, 3.05) is 23.7 Å². The van der Waals surface area contributed by atoms with Crippen LogP contribution in [0.15, 0.2) is 52.4 Å². The van der Waals surface area contributed by atoms with Gasteiger partial charge in [-0.3, -0.25) is 9.98 Å². The monoisotopic (exact) mass is 439 g/mol. The normalized spacial score (nSPS) is 11.2. The topological polar surface area (TPSA) is 145 Å². The molecule has 0 bridgehead atoms. The number of anilines is 2. The highest BCUT2D eigenvalue weighted by Crippen LogP contribution is 2.24. The second-order valence-electron chi connectivity index (χ2n) is 5.77. The quantitative estimate of drug-likeness (QED) is 0.280. The van der Waals surface area contributed by atoms with E-state index in [1.807, 2.05) is 50.2 Å². The molecular weight excluding hydrogens is 413 g/mol. The number of guanidine groups is 2. The lowest BCUT2D eigenvalue weighted by Gasteiger charge is -2.09. The second kappa shape index (κ2) is 11.9. The number of fused-ring (bicyclic) bond motifs is 2. The molecule has 0 aliphatic rings. The van der Waals surface area contributed by atoms with E-state index in [4.69, 9.17) is 16.5 Å². The second-order valence-corrected chi connectivity index (χ2v) is 5.77. The lowest BCUT2D eigenvalue weighted by Crippen LogP contribution is -2.22. The van der Waals surface area contributed by atoms with Crippen molar-refractivity contribution in [3.05, 3.63) is 42.5 Å². The molecule has 0 fully saturated rings. The summed E-state index contributed by atoms with van der Waals surface area (Å²) in [6.45, 7) is 5.14. The van der Waals surface area contributed by atoms with Gasteiger partial charge in [-0.2, -0.15) is 0 Å². The molecule has 0 unspecified atom stereocenters. The first-order valence-corrected chi connectivity index (χ1v) is 8.57. The average molecular weight is 440 g/mol. The molecule has 0 amide bonds. The van der Waals surface area contributed by atoms with Gasteiger partial charge >= 0.3 is 0 Å². The molecular formula is C19H27Cl2N7O. The van der Waals surface area contributed by atoms with E-state index < -0.39 is 0 Å². The average Bonchev–Trinajstić information content (AvgIpc) is 2.60. The van der Waals surface area contributed by atoms with E-state index in [1.54, 1.807) is 0 Å². The van der Waals surface area contributed by atoms with Gasteiger partial charge in [-0.15, -0.1) is 24.8 Å². The zero-order valence-corrected chi connectivity index (χ0v) is 17.9. The van der Waals surface area contributed by atoms with Gasteiger partial charge in [-0.05, 0) is 44.2 Å². The maximum Gasteiger partial charge on any atom is 0.193 e. The van der Waals surface area contributed by atoms with Crippen LogP contribution in [-0.4, -0.2) is 35.5 Å². The van der Waals surface area contributed by atoms with E-state index in [-0.39, 0.29) is 30.3 Å². The van der Waals surface area contributed by atoms with Crippen LogP contribution in [0.5, 0.6) is 0 Å². The molecule has 0 spiro atoms. The lowest BCUT2D eigenvalue weighted by molar-refractivity contribution is 0.824. The Hall–Kier alpha value is -2.81. The first-order valence-electron chi connectivity index (χ1n) is 8.57. The Balaban J connectivity index is 0.00000261. The number of halogens is 2. The van der Waals surface area contributed by atoms with Crippen LogP contribution in [0.1, 0.15) is 13.8 Å². The zero-order valence-electron chi connectivity index (χ0n) is 16.3. The van der Waals surface area contributed by atoms with Crippen molar-refractivity contribution in [2.45, 2.75) is 13.8 Å². The maximum atomic E-state index is 5.83. The first-order chi connectivity index (χ1) is 12.6. The van der Waals surface area contributed by atoms with E-state index in [0.717, 1.165) is 33.2 Å². The molecule has 0 radical (unpaired) electrons. The highest BCUT2D eigenvalue weighted by molar-refractivity contribution is 5.99. The lowest BCUT2D eigenvalue weighted by atomic mass is 10.1. The van der Waals surface area contributed by atoms with E-state index in [2.05, 4.69) is 26.7 Å². The molecule has 3 rings (SSSR count). The van der Waals surface area contributed by atoms with Crippen LogP contribution >= 0.6 is 24.8 Å². The molecule has 0 aliphatic heterocycles. The van der Waals surface area contributed by atoms with Gasteiger partial charge in [0.05, 0.1) is 11.0 Å². The van der Waals surface area contributed by atoms with Gasteiger partial charge in [0, 0.05) is 35.2 Å². The van der Waals surface area contributed by atoms with Crippen molar-refractivity contribution in [2.24, 2.45) is 21.5 Å². The van der Waals surface area contributed by atoms with Gasteiger partial charge in [0.2, 0.25) is 0 Å². The summed E-state index contributed by atoms with van der Waals surface area (Å²) in [7, 11) is 0. The van der Waals surface area contributed by atoms with Crippen LogP contribution in [0.2, 0.25) is 0 Å². The van der Waals surface area contributed by atoms with Crippen LogP contribution in [0.3, 0.4) is 0 Å². The summed E-state index contributed by atoms with van der Waals surface area (Å²) in [6, 6.07) is 14.0. The molecule has 1 heterocycles. The minimum atomic E-state index is 0. The van der Waals surface area contributed by atoms with Crippen molar-refractivity contribution in [1.29, 1.82) is 0 Å². The third kappa shape index (κ3) is 6.63. The zero-order chi connectivity index (χ0) is 18.5. The number of aliphatic imine (C=N–C) groups is 2. The smallest absolute Gasteiger partial charge is 0.193 e. The minimum Gasteiger partial charge on any atom is -0.412 e. The number of pyridine rings is 1. The van der Waals surface area contributed by atoms with Crippen LogP contribution < -0.4 is 22.1 Å². The highest BCUT2D eigenvalue weighted by Gasteiger charge is 2.04. The summed E-state index contributed by atoms with van der Waals surface area (Å²) in [5, 5.41) is 8.27. The molecule has 0 saturated carbocycles. The van der Waals surface area contributed by atoms with Crippen LogP contribution in [0, 0.1) is 0 Å². The fourth-order valence-corrected chi connectivity index (χ4v) is 2.69. The number of rotatable bonds is 4. The number of aromatic nitrogens is 1. The Morgan fingerprint density at radius 3 is 1.59 bits per heavy atom. The maximum absolute atomic E-state index is 5.83. The van der Waals surface area contributed by atoms with Gasteiger partial charge in [-0.1, -0.05) is 12.1 Å². The third-order valence-corrected chi connectivity index (χ3v) is 3.81. The van der Waals surface area contributed by atoms with E-state index in [9.17, 15) is 0 Å². The van der Waals surface area contributed by atoms with Crippen LogP contribution in [-0.2, 0) is 0 Å². The number of nitrogens with zero attached hydrogens (tertiary/aromatic N) is 3. The Morgan fingerprint density at radius 2 is 1.21 bits per heavy atom. The highest BCUT2D eigenvalue weighted by atomic mass is 35.5. The minimum absolute atomic E-state index is 0. The summed E-state index contributed by atoms with van der Waals surface area (Å²) in [5.74, 6) is 0.787. The van der Waals surface area contributed by atoms with Crippen molar-refractivity contribution < 1.29 is 5.48 Å². The van der Waals surface area contributed by atoms with Crippen molar-refractivity contribution in [1.82, 2.24) is 4.98 Å². The third-order valence-electron chi connectivity index (χ3n) is 3.81. The molecule has 0 aliphatic carbocycles. The Bertz CT molecular complexity index is 931. The number of hydrogen-bond donors (Lipinski definition) is 4. The van der Waals surface area contributed by atoms with Gasteiger partial charge in [0.15, 0.2) is 11.9 Å². The van der Waals surface area contributed by atoms with Gasteiger partial charge in [0.1, 0.15) is 0 Å². The molecule has 10 heteroatoms. The fourth-order valence-electron chi connectivity index (χ4n) is 2.69. The summed E-state index contributed by atoms with van der Waals surface area (Å²) < 4.78 is 0. The number of nitrogens with two attached hydrogens (primary N) is 2. The van der Waals surface area contributed by atoms with Crippen LogP contribution in [0.4, 0.5) is 11.4 Å².